The van der Waals surface area contributed by atoms with E-state index in [-0.39, 0.29) is 10.5 Å². The third-order valence-corrected chi connectivity index (χ3v) is 6.28. The molecule has 1 aliphatic heterocycles. The zero-order chi connectivity index (χ0) is 17.2. The number of benzene rings is 2. The molecule has 2 aromatic carbocycles. The SMILES string of the molecule is NCCCOC[s+]1ccc2c1-c1ccccc1Oc1ccc(Cl)cc1-2. The van der Waals surface area contributed by atoms with E-state index in [0.717, 1.165) is 29.0 Å². The molecule has 1 atom stereocenters. The molecule has 0 saturated heterocycles. The Kier molecular flexibility index (Phi) is 4.77. The summed E-state index contributed by atoms with van der Waals surface area (Å²) < 4.78 is 12.1. The van der Waals surface area contributed by atoms with E-state index in [9.17, 15) is 0 Å². The van der Waals surface area contributed by atoms with Gasteiger partial charge in [0.1, 0.15) is 16.9 Å². The highest BCUT2D eigenvalue weighted by Gasteiger charge is 2.30. The molecule has 25 heavy (non-hydrogen) atoms. The number of hydrogen-bond acceptors (Lipinski definition) is 3. The molecule has 0 fully saturated rings. The van der Waals surface area contributed by atoms with Gasteiger partial charge >= 0.3 is 0 Å². The molecule has 0 amide bonds. The first kappa shape index (κ1) is 16.6. The van der Waals surface area contributed by atoms with Crippen molar-refractivity contribution in [3.63, 3.8) is 0 Å². The number of thiophene rings is 1. The fraction of sp³-hybridized carbons (Fsp3) is 0.200. The number of hydrogen-bond donors (Lipinski definition) is 1. The third-order valence-electron chi connectivity index (χ3n) is 4.19. The van der Waals surface area contributed by atoms with Gasteiger partial charge in [-0.3, -0.25) is 0 Å². The standard InChI is InChI=1S/C20H19ClNO2S/c21-14-6-7-19-17(12-14)15-8-11-25(13-23-10-3-9-22)20(15)16-4-1-2-5-18(16)24-19/h1-2,4-8,11-12H,3,9-10,13,22H2/q+1. The Morgan fingerprint density at radius 1 is 1.00 bits per heavy atom. The lowest BCUT2D eigenvalue weighted by Gasteiger charge is -2.08. The maximum Gasteiger partial charge on any atom is 0.229 e. The Balaban J connectivity index is 1.83. The van der Waals surface area contributed by atoms with Crippen molar-refractivity contribution in [2.24, 2.45) is 5.73 Å². The first-order chi connectivity index (χ1) is 12.3. The molecule has 3 aromatic rings. The van der Waals surface area contributed by atoms with E-state index >= 15 is 0 Å². The van der Waals surface area contributed by atoms with E-state index in [0.29, 0.717) is 24.1 Å². The molecule has 0 saturated carbocycles. The molecule has 2 N–H and O–H groups in total. The molecular weight excluding hydrogens is 354 g/mol. The minimum absolute atomic E-state index is 0.121. The van der Waals surface area contributed by atoms with E-state index in [2.05, 4.69) is 17.5 Å². The van der Waals surface area contributed by atoms with Crippen molar-refractivity contribution in [1.82, 2.24) is 0 Å². The second-order valence-electron chi connectivity index (χ2n) is 5.88. The second-order valence-corrected chi connectivity index (χ2v) is 8.09. The van der Waals surface area contributed by atoms with Crippen LogP contribution in [0.25, 0.3) is 21.6 Å². The number of rotatable bonds is 5. The van der Waals surface area contributed by atoms with Crippen molar-refractivity contribution < 1.29 is 9.47 Å². The maximum absolute atomic E-state index is 6.25. The summed E-state index contributed by atoms with van der Waals surface area (Å²) in [6.45, 7) is 1.34. The van der Waals surface area contributed by atoms with Gasteiger partial charge < -0.3 is 15.2 Å². The van der Waals surface area contributed by atoms with Crippen LogP contribution in [0.3, 0.4) is 0 Å². The van der Waals surface area contributed by atoms with Crippen molar-refractivity contribution in [3.05, 3.63) is 58.9 Å². The molecule has 128 valence electrons. The smallest absolute Gasteiger partial charge is 0.229 e. The summed E-state index contributed by atoms with van der Waals surface area (Å²) >= 11 is 6.25. The summed E-state index contributed by atoms with van der Waals surface area (Å²) in [7, 11) is -0.121. The monoisotopic (exact) mass is 372 g/mol. The van der Waals surface area contributed by atoms with Crippen LogP contribution >= 0.6 is 22.1 Å². The molecule has 3 nitrogen and oxygen atoms in total. The average molecular weight is 373 g/mol. The van der Waals surface area contributed by atoms with Gasteiger partial charge in [0.15, 0.2) is 4.88 Å². The molecule has 4 rings (SSSR count). The minimum Gasteiger partial charge on any atom is -0.456 e. The van der Waals surface area contributed by atoms with Crippen LogP contribution in [0.4, 0.5) is 0 Å². The Labute approximate surface area is 154 Å². The molecule has 0 spiro atoms. The fourth-order valence-corrected chi connectivity index (χ4v) is 5.04. The van der Waals surface area contributed by atoms with Crippen LogP contribution in [0.1, 0.15) is 6.42 Å². The first-order valence-corrected chi connectivity index (χ1v) is 10.1. The van der Waals surface area contributed by atoms with Crippen molar-refractivity contribution in [3.8, 4) is 33.1 Å². The normalized spacial score (nSPS) is 12.6. The maximum atomic E-state index is 6.25. The van der Waals surface area contributed by atoms with Gasteiger partial charge in [-0.15, -0.1) is 0 Å². The lowest BCUT2D eigenvalue weighted by molar-refractivity contribution is 0.146. The van der Waals surface area contributed by atoms with Gasteiger partial charge in [-0.1, -0.05) is 23.7 Å². The molecule has 0 radical (unpaired) electrons. The van der Waals surface area contributed by atoms with Crippen molar-refractivity contribution in [2.45, 2.75) is 12.4 Å². The molecular formula is C20H19ClNO2S+. The van der Waals surface area contributed by atoms with Crippen LogP contribution in [0.2, 0.25) is 5.02 Å². The summed E-state index contributed by atoms with van der Waals surface area (Å²) in [5.74, 6) is 2.37. The Hall–Kier alpha value is -1.85. The highest BCUT2D eigenvalue weighted by Crippen LogP contribution is 2.53. The molecule has 2 heterocycles. The van der Waals surface area contributed by atoms with Crippen LogP contribution < -0.4 is 10.5 Å². The number of halogens is 1. The van der Waals surface area contributed by atoms with Crippen LogP contribution in [0.5, 0.6) is 11.5 Å². The minimum atomic E-state index is -0.121. The number of ether oxygens (including phenoxy) is 2. The molecule has 5 heteroatoms. The van der Waals surface area contributed by atoms with Gasteiger partial charge in [-0.05, 0) is 43.3 Å². The fourth-order valence-electron chi connectivity index (χ4n) is 3.03. The summed E-state index contributed by atoms with van der Waals surface area (Å²) in [6, 6.07) is 16.1. The molecule has 1 aliphatic rings. The highest BCUT2D eigenvalue weighted by molar-refractivity contribution is 7.32. The van der Waals surface area contributed by atoms with Crippen LogP contribution in [0, 0.1) is 0 Å². The third kappa shape index (κ3) is 3.18. The lowest BCUT2D eigenvalue weighted by Crippen LogP contribution is -2.03. The van der Waals surface area contributed by atoms with Crippen LogP contribution in [-0.2, 0) is 10.7 Å². The summed E-state index contributed by atoms with van der Waals surface area (Å²) in [6.07, 6.45) is 0.880. The lowest BCUT2D eigenvalue weighted by atomic mass is 10.0. The highest BCUT2D eigenvalue weighted by atomic mass is 35.5. The van der Waals surface area contributed by atoms with E-state index < -0.39 is 0 Å². The summed E-state index contributed by atoms with van der Waals surface area (Å²) in [5.41, 5.74) is 8.88. The molecule has 1 unspecified atom stereocenters. The number of nitrogens with two attached hydrogens (primary N) is 1. The van der Waals surface area contributed by atoms with Gasteiger partial charge in [0, 0.05) is 27.1 Å². The molecule has 0 aliphatic carbocycles. The van der Waals surface area contributed by atoms with Crippen molar-refractivity contribution in [2.75, 3.05) is 13.2 Å². The van der Waals surface area contributed by atoms with Gasteiger partial charge in [0.25, 0.3) is 0 Å². The second kappa shape index (κ2) is 7.18. The van der Waals surface area contributed by atoms with Crippen LogP contribution in [0.15, 0.2) is 53.9 Å². The zero-order valence-corrected chi connectivity index (χ0v) is 15.3. The first-order valence-electron chi connectivity index (χ1n) is 8.25. The Bertz CT molecular complexity index is 906. The largest absolute Gasteiger partial charge is 0.456 e. The van der Waals surface area contributed by atoms with Crippen molar-refractivity contribution in [1.29, 1.82) is 0 Å². The van der Waals surface area contributed by atoms with Crippen LogP contribution in [-0.4, -0.2) is 13.2 Å². The predicted molar refractivity (Wildman–Crippen MR) is 105 cm³/mol. The van der Waals surface area contributed by atoms with Gasteiger partial charge in [0.05, 0.1) is 17.7 Å². The predicted octanol–water partition coefficient (Wildman–Crippen LogP) is 5.85. The van der Waals surface area contributed by atoms with Gasteiger partial charge in [-0.25, -0.2) is 0 Å². The molecule has 1 aromatic heterocycles. The molecule has 0 bridgehead atoms. The topological polar surface area (TPSA) is 44.5 Å². The van der Waals surface area contributed by atoms with E-state index in [1.165, 1.54) is 10.4 Å². The average Bonchev–Trinajstić information content (AvgIpc) is 2.98. The van der Waals surface area contributed by atoms with Gasteiger partial charge in [-0.2, -0.15) is 0 Å². The number of fused-ring (bicyclic) bond motifs is 5. The zero-order valence-electron chi connectivity index (χ0n) is 13.7. The van der Waals surface area contributed by atoms with Crippen molar-refractivity contribution >= 4 is 22.1 Å². The summed E-state index contributed by atoms with van der Waals surface area (Å²) in [5, 5.41) is 2.94. The van der Waals surface area contributed by atoms with E-state index in [1.807, 2.05) is 36.4 Å². The summed E-state index contributed by atoms with van der Waals surface area (Å²) in [4.78, 5) is 1.27. The Morgan fingerprint density at radius 2 is 1.84 bits per heavy atom. The van der Waals surface area contributed by atoms with E-state index in [1.54, 1.807) is 0 Å². The van der Waals surface area contributed by atoms with E-state index in [4.69, 9.17) is 26.8 Å². The number of para-hydroxylation sites is 1. The quantitative estimate of drug-likeness (QED) is 0.353. The van der Waals surface area contributed by atoms with Gasteiger partial charge in [0.2, 0.25) is 5.94 Å². The Morgan fingerprint density at radius 3 is 2.72 bits per heavy atom.